The average molecular weight is 458 g/mol. The van der Waals surface area contributed by atoms with Gasteiger partial charge in [-0.3, -0.25) is 4.79 Å². The third-order valence-electron chi connectivity index (χ3n) is 5.85. The van der Waals surface area contributed by atoms with E-state index in [2.05, 4.69) is 34.3 Å². The number of aromatic nitrogens is 1. The number of aryl methyl sites for hydroxylation is 1. The number of aliphatic hydroxyl groups is 1. The highest BCUT2D eigenvalue weighted by molar-refractivity contribution is 6.09. The number of fused-ring (bicyclic) bond motifs is 1. The van der Waals surface area contributed by atoms with Crippen LogP contribution < -0.4 is 15.4 Å². The van der Waals surface area contributed by atoms with E-state index in [9.17, 15) is 9.90 Å². The molecule has 0 aliphatic rings. The Morgan fingerprint density at radius 2 is 1.76 bits per heavy atom. The second kappa shape index (κ2) is 10.4. The lowest BCUT2D eigenvalue weighted by Crippen LogP contribution is -2.26. The Morgan fingerprint density at radius 3 is 2.50 bits per heavy atom. The van der Waals surface area contributed by atoms with Gasteiger partial charge in [0, 0.05) is 35.5 Å². The number of carbonyl (C=O) groups is 1. The lowest BCUT2D eigenvalue weighted by molar-refractivity contribution is 0.0956. The standard InChI is InChI=1S/C28H31N3O3/c1-4-29-28(33)27-20(3)31(25-13-9-8-10-19(25)2)26-15-14-23(16-24(26)27)34-18-22(32)17-30-21-11-6-5-7-12-21/h5-16,22,30,32H,4,17-18H2,1-3H3,(H,29,33)/t22-/m0/s1. The van der Waals surface area contributed by atoms with Gasteiger partial charge < -0.3 is 25.0 Å². The summed E-state index contributed by atoms with van der Waals surface area (Å²) in [5.74, 6) is 0.500. The van der Waals surface area contributed by atoms with Gasteiger partial charge in [0.15, 0.2) is 0 Å². The number of anilines is 1. The van der Waals surface area contributed by atoms with Crippen LogP contribution in [0.2, 0.25) is 0 Å². The molecule has 1 aromatic heterocycles. The maximum absolute atomic E-state index is 13.0. The zero-order chi connectivity index (χ0) is 24.1. The molecule has 3 N–H and O–H groups in total. The van der Waals surface area contributed by atoms with Crippen molar-refractivity contribution in [3.05, 3.63) is 89.6 Å². The van der Waals surface area contributed by atoms with Gasteiger partial charge in [0.1, 0.15) is 18.5 Å². The monoisotopic (exact) mass is 457 g/mol. The summed E-state index contributed by atoms with van der Waals surface area (Å²) in [5.41, 5.74) is 5.56. The van der Waals surface area contributed by atoms with Crippen molar-refractivity contribution < 1.29 is 14.6 Å². The van der Waals surface area contributed by atoms with Crippen LogP contribution in [0.5, 0.6) is 5.75 Å². The van der Waals surface area contributed by atoms with Gasteiger partial charge in [-0.1, -0.05) is 36.4 Å². The molecule has 0 unspecified atom stereocenters. The molecule has 4 rings (SSSR count). The summed E-state index contributed by atoms with van der Waals surface area (Å²) in [6.45, 7) is 7.00. The van der Waals surface area contributed by atoms with Gasteiger partial charge in [0.2, 0.25) is 0 Å². The van der Waals surface area contributed by atoms with Crippen molar-refractivity contribution in [2.24, 2.45) is 0 Å². The minimum Gasteiger partial charge on any atom is -0.491 e. The van der Waals surface area contributed by atoms with Crippen LogP contribution in [0.1, 0.15) is 28.5 Å². The summed E-state index contributed by atoms with van der Waals surface area (Å²) in [5, 5.41) is 17.3. The fourth-order valence-corrected chi connectivity index (χ4v) is 4.19. The molecule has 1 amide bonds. The largest absolute Gasteiger partial charge is 0.491 e. The van der Waals surface area contributed by atoms with E-state index in [1.54, 1.807) is 0 Å². The van der Waals surface area contributed by atoms with Crippen LogP contribution in [0.15, 0.2) is 72.8 Å². The molecule has 0 spiro atoms. The zero-order valence-corrected chi connectivity index (χ0v) is 19.8. The van der Waals surface area contributed by atoms with Gasteiger partial charge in [-0.05, 0) is 62.7 Å². The topological polar surface area (TPSA) is 75.5 Å². The Morgan fingerprint density at radius 1 is 1.03 bits per heavy atom. The minimum atomic E-state index is -0.683. The fourth-order valence-electron chi connectivity index (χ4n) is 4.19. The predicted molar refractivity (Wildman–Crippen MR) is 137 cm³/mol. The Balaban J connectivity index is 1.61. The van der Waals surface area contributed by atoms with Crippen LogP contribution in [0, 0.1) is 13.8 Å². The van der Waals surface area contributed by atoms with Gasteiger partial charge in [-0.2, -0.15) is 0 Å². The molecule has 0 bridgehead atoms. The third kappa shape index (κ3) is 4.92. The second-order valence-electron chi connectivity index (χ2n) is 8.33. The molecule has 34 heavy (non-hydrogen) atoms. The fraction of sp³-hybridized carbons (Fsp3) is 0.250. The first-order chi connectivity index (χ1) is 16.5. The van der Waals surface area contributed by atoms with Crippen molar-refractivity contribution in [3.8, 4) is 11.4 Å². The molecule has 0 aliphatic heterocycles. The molecule has 0 radical (unpaired) electrons. The molecule has 1 heterocycles. The van der Waals surface area contributed by atoms with E-state index in [1.807, 2.05) is 74.5 Å². The van der Waals surface area contributed by atoms with Crippen molar-refractivity contribution in [2.45, 2.75) is 26.9 Å². The van der Waals surface area contributed by atoms with Crippen molar-refractivity contribution in [1.29, 1.82) is 0 Å². The number of para-hydroxylation sites is 2. The summed E-state index contributed by atoms with van der Waals surface area (Å²) >= 11 is 0. The van der Waals surface area contributed by atoms with Gasteiger partial charge in [0.25, 0.3) is 5.91 Å². The van der Waals surface area contributed by atoms with Crippen LogP contribution in [-0.2, 0) is 0 Å². The van der Waals surface area contributed by atoms with Gasteiger partial charge in [-0.25, -0.2) is 0 Å². The Kier molecular flexibility index (Phi) is 7.18. The molecule has 0 saturated heterocycles. The van der Waals surface area contributed by atoms with E-state index >= 15 is 0 Å². The maximum atomic E-state index is 13.0. The number of nitrogens with zero attached hydrogens (tertiary/aromatic N) is 1. The second-order valence-corrected chi connectivity index (χ2v) is 8.33. The SMILES string of the molecule is CCNC(=O)c1c(C)n(-c2ccccc2C)c2ccc(OC[C@@H](O)CNc3ccccc3)cc12. The smallest absolute Gasteiger partial charge is 0.253 e. The normalized spacial score (nSPS) is 11.9. The lowest BCUT2D eigenvalue weighted by atomic mass is 10.1. The first kappa shape index (κ1) is 23.4. The number of rotatable bonds is 9. The van der Waals surface area contributed by atoms with Gasteiger partial charge >= 0.3 is 0 Å². The summed E-state index contributed by atoms with van der Waals surface area (Å²) in [4.78, 5) is 13.0. The van der Waals surface area contributed by atoms with Gasteiger partial charge in [0.05, 0.1) is 11.1 Å². The van der Waals surface area contributed by atoms with Crippen LogP contribution >= 0.6 is 0 Å². The van der Waals surface area contributed by atoms with Crippen LogP contribution in [0.25, 0.3) is 16.6 Å². The molecule has 0 aliphatic carbocycles. The number of hydrogen-bond acceptors (Lipinski definition) is 4. The van der Waals surface area contributed by atoms with E-state index in [-0.39, 0.29) is 12.5 Å². The molecule has 3 aromatic carbocycles. The number of aliphatic hydroxyl groups excluding tert-OH is 1. The first-order valence-electron chi connectivity index (χ1n) is 11.6. The Bertz CT molecular complexity index is 1280. The number of nitrogens with one attached hydrogen (secondary N) is 2. The van der Waals surface area contributed by atoms with E-state index in [1.165, 1.54) is 0 Å². The summed E-state index contributed by atoms with van der Waals surface area (Å²) in [7, 11) is 0. The molecular formula is C28H31N3O3. The molecule has 4 aromatic rings. The highest BCUT2D eigenvalue weighted by Gasteiger charge is 2.22. The first-order valence-corrected chi connectivity index (χ1v) is 11.6. The minimum absolute atomic E-state index is 0.110. The molecule has 6 nitrogen and oxygen atoms in total. The predicted octanol–water partition coefficient (Wildman–Crippen LogP) is 4.85. The number of amides is 1. The number of carbonyl (C=O) groups excluding carboxylic acids is 1. The summed E-state index contributed by atoms with van der Waals surface area (Å²) in [6, 6.07) is 23.6. The molecule has 1 atom stereocenters. The van der Waals surface area contributed by atoms with Gasteiger partial charge in [-0.15, -0.1) is 0 Å². The quantitative estimate of drug-likeness (QED) is 0.336. The number of ether oxygens (including phenoxy) is 1. The average Bonchev–Trinajstić information content (AvgIpc) is 3.13. The van der Waals surface area contributed by atoms with Crippen LogP contribution in [-0.4, -0.2) is 41.4 Å². The summed E-state index contributed by atoms with van der Waals surface area (Å²) < 4.78 is 8.03. The molecule has 6 heteroatoms. The van der Waals surface area contributed by atoms with Crippen molar-refractivity contribution in [3.63, 3.8) is 0 Å². The zero-order valence-electron chi connectivity index (χ0n) is 19.8. The van der Waals surface area contributed by atoms with E-state index in [0.717, 1.165) is 33.5 Å². The number of benzene rings is 3. The van der Waals surface area contributed by atoms with E-state index < -0.39 is 6.10 Å². The van der Waals surface area contributed by atoms with Crippen LogP contribution in [0.4, 0.5) is 5.69 Å². The van der Waals surface area contributed by atoms with Crippen molar-refractivity contribution in [1.82, 2.24) is 9.88 Å². The Labute approximate surface area is 200 Å². The molecule has 0 fully saturated rings. The van der Waals surface area contributed by atoms with Crippen molar-refractivity contribution >= 4 is 22.5 Å². The molecule has 176 valence electrons. The molecule has 0 saturated carbocycles. The van der Waals surface area contributed by atoms with Crippen molar-refractivity contribution in [2.75, 3.05) is 25.0 Å². The number of hydrogen-bond donors (Lipinski definition) is 3. The molecular weight excluding hydrogens is 426 g/mol. The highest BCUT2D eigenvalue weighted by Crippen LogP contribution is 2.33. The van der Waals surface area contributed by atoms with E-state index in [4.69, 9.17) is 4.74 Å². The lowest BCUT2D eigenvalue weighted by Gasteiger charge is -2.14. The van der Waals surface area contributed by atoms with E-state index in [0.29, 0.717) is 24.4 Å². The van der Waals surface area contributed by atoms with Crippen LogP contribution in [0.3, 0.4) is 0 Å². The highest BCUT2D eigenvalue weighted by atomic mass is 16.5. The maximum Gasteiger partial charge on any atom is 0.253 e. The summed E-state index contributed by atoms with van der Waals surface area (Å²) in [6.07, 6.45) is -0.683. The third-order valence-corrected chi connectivity index (χ3v) is 5.85. The Hall–Kier alpha value is -3.77.